The van der Waals surface area contributed by atoms with Gasteiger partial charge in [0.05, 0.1) is 0 Å². The van der Waals surface area contributed by atoms with Crippen LogP contribution in [-0.2, 0) is 9.53 Å². The molecule has 0 radical (unpaired) electrons. The van der Waals surface area contributed by atoms with Gasteiger partial charge in [0, 0.05) is 54.9 Å². The van der Waals surface area contributed by atoms with Crippen molar-refractivity contribution >= 4 is 34.6 Å². The van der Waals surface area contributed by atoms with E-state index in [1.807, 2.05) is 39.0 Å². The number of aromatic nitrogens is 1. The fourth-order valence-electron chi connectivity index (χ4n) is 4.35. The molecule has 2 aliphatic heterocycles. The highest BCUT2D eigenvalue weighted by Gasteiger charge is 2.29. The number of imide groups is 1. The molecule has 4 rings (SSSR count). The van der Waals surface area contributed by atoms with Crippen molar-refractivity contribution in [3.8, 4) is 0 Å². The van der Waals surface area contributed by atoms with Crippen LogP contribution in [0.2, 0.25) is 0 Å². The fraction of sp³-hybridized carbons (Fsp3) is 0.522. The summed E-state index contributed by atoms with van der Waals surface area (Å²) in [7, 11) is 0. The number of nitrogens with zero attached hydrogens (tertiary/aromatic N) is 3. The van der Waals surface area contributed by atoms with Gasteiger partial charge in [0.2, 0.25) is 5.91 Å². The first-order chi connectivity index (χ1) is 14.6. The van der Waals surface area contributed by atoms with E-state index in [0.29, 0.717) is 32.1 Å². The molecule has 1 N–H and O–H groups in total. The number of rotatable bonds is 2. The number of piperidine rings is 1. The highest BCUT2D eigenvalue weighted by atomic mass is 16.6. The molecule has 1 aromatic carbocycles. The Labute approximate surface area is 182 Å². The predicted octanol–water partition coefficient (Wildman–Crippen LogP) is 3.97. The lowest BCUT2D eigenvalue weighted by Gasteiger charge is -2.34. The average Bonchev–Trinajstić information content (AvgIpc) is 3.03. The number of fused-ring (bicyclic) bond motifs is 1. The van der Waals surface area contributed by atoms with Crippen molar-refractivity contribution in [1.29, 1.82) is 0 Å². The number of amides is 4. The van der Waals surface area contributed by atoms with Gasteiger partial charge in [-0.2, -0.15) is 0 Å². The van der Waals surface area contributed by atoms with Crippen molar-refractivity contribution < 1.29 is 19.1 Å². The molecule has 2 aromatic rings. The second kappa shape index (κ2) is 7.90. The lowest BCUT2D eigenvalue weighted by molar-refractivity contribution is -0.120. The van der Waals surface area contributed by atoms with Gasteiger partial charge in [-0.25, -0.2) is 9.59 Å². The lowest BCUT2D eigenvalue weighted by Crippen LogP contribution is -2.49. The Hall–Kier alpha value is -3.03. The smallest absolute Gasteiger partial charge is 0.410 e. The number of benzene rings is 1. The molecule has 0 atom stereocenters. The van der Waals surface area contributed by atoms with Gasteiger partial charge in [-0.05, 0) is 64.3 Å². The van der Waals surface area contributed by atoms with Crippen molar-refractivity contribution in [2.24, 2.45) is 0 Å². The minimum absolute atomic E-state index is 0.234. The molecular formula is C23H30N4O4. The molecule has 2 aliphatic rings. The monoisotopic (exact) mass is 426 g/mol. The number of aryl methyl sites for hydroxylation is 1. The number of nitrogens with one attached hydrogen (secondary N) is 1. The van der Waals surface area contributed by atoms with E-state index in [2.05, 4.69) is 23.0 Å². The van der Waals surface area contributed by atoms with E-state index in [1.54, 1.807) is 9.80 Å². The van der Waals surface area contributed by atoms with E-state index in [4.69, 9.17) is 4.74 Å². The molecule has 2 fully saturated rings. The van der Waals surface area contributed by atoms with Crippen molar-refractivity contribution in [2.45, 2.75) is 58.6 Å². The Kier molecular flexibility index (Phi) is 5.41. The molecule has 0 saturated carbocycles. The lowest BCUT2D eigenvalue weighted by atomic mass is 10.0. The summed E-state index contributed by atoms with van der Waals surface area (Å²) in [6, 6.07) is 5.93. The van der Waals surface area contributed by atoms with Gasteiger partial charge in [0.1, 0.15) is 5.60 Å². The van der Waals surface area contributed by atoms with Gasteiger partial charge in [0.15, 0.2) is 0 Å². The third-order valence-electron chi connectivity index (χ3n) is 5.89. The van der Waals surface area contributed by atoms with Crippen LogP contribution < -0.4 is 10.2 Å². The summed E-state index contributed by atoms with van der Waals surface area (Å²) in [6.07, 6.45) is 3.94. The Balaban J connectivity index is 1.50. The van der Waals surface area contributed by atoms with E-state index < -0.39 is 5.60 Å². The zero-order valence-electron chi connectivity index (χ0n) is 18.6. The van der Waals surface area contributed by atoms with Crippen LogP contribution in [0.3, 0.4) is 0 Å². The maximum Gasteiger partial charge on any atom is 0.410 e. The van der Waals surface area contributed by atoms with Gasteiger partial charge >= 0.3 is 12.1 Å². The molecule has 166 valence electrons. The molecule has 31 heavy (non-hydrogen) atoms. The quantitative estimate of drug-likeness (QED) is 0.788. The van der Waals surface area contributed by atoms with Crippen LogP contribution in [0, 0.1) is 6.92 Å². The standard InChI is InChI=1S/C23H30N4O4/c1-15-14-27(16-7-10-25(11-8-16)22(30)31-23(2,3)4)19-6-5-17(13-18(15)19)26-12-9-20(28)24-21(26)29/h5-6,13-14,16H,7-12H2,1-4H3,(H,24,28,29). The number of urea groups is 1. The first kappa shape index (κ1) is 21.2. The Bertz CT molecular complexity index is 1030. The zero-order valence-corrected chi connectivity index (χ0v) is 18.6. The molecule has 8 nitrogen and oxygen atoms in total. The van der Waals surface area contributed by atoms with E-state index in [-0.39, 0.29) is 18.0 Å². The zero-order chi connectivity index (χ0) is 22.3. The SMILES string of the molecule is Cc1cn(C2CCN(C(=O)OC(C)(C)C)CC2)c2ccc(N3CCC(=O)NC3=O)cc12. The highest BCUT2D eigenvalue weighted by molar-refractivity contribution is 6.06. The molecule has 0 aliphatic carbocycles. The minimum atomic E-state index is -0.488. The van der Waals surface area contributed by atoms with Crippen LogP contribution in [0.5, 0.6) is 0 Å². The molecule has 0 unspecified atom stereocenters. The van der Waals surface area contributed by atoms with Crippen LogP contribution in [0.1, 0.15) is 51.6 Å². The summed E-state index contributed by atoms with van der Waals surface area (Å²) < 4.78 is 7.79. The number of ether oxygens (including phenoxy) is 1. The predicted molar refractivity (Wildman–Crippen MR) is 118 cm³/mol. The molecule has 4 amide bonds. The second-order valence-electron chi connectivity index (χ2n) is 9.37. The Morgan fingerprint density at radius 1 is 1.13 bits per heavy atom. The topological polar surface area (TPSA) is 83.9 Å². The number of hydrogen-bond acceptors (Lipinski definition) is 4. The molecule has 2 saturated heterocycles. The maximum atomic E-state index is 12.3. The van der Waals surface area contributed by atoms with Crippen molar-refractivity contribution in [1.82, 2.24) is 14.8 Å². The van der Waals surface area contributed by atoms with Crippen LogP contribution in [0.25, 0.3) is 10.9 Å². The number of carbonyl (C=O) groups excluding carboxylic acids is 3. The summed E-state index contributed by atoms with van der Waals surface area (Å²) in [5, 5.41) is 3.47. The first-order valence-electron chi connectivity index (χ1n) is 10.8. The van der Waals surface area contributed by atoms with E-state index in [9.17, 15) is 14.4 Å². The van der Waals surface area contributed by atoms with E-state index >= 15 is 0 Å². The molecule has 3 heterocycles. The summed E-state index contributed by atoms with van der Waals surface area (Å²) in [6.45, 7) is 9.43. The van der Waals surface area contributed by atoms with Gasteiger partial charge in [-0.15, -0.1) is 0 Å². The maximum absolute atomic E-state index is 12.3. The van der Waals surface area contributed by atoms with Crippen LogP contribution in [-0.4, -0.2) is 52.7 Å². The van der Waals surface area contributed by atoms with Gasteiger partial charge in [-0.3, -0.25) is 15.0 Å². The van der Waals surface area contributed by atoms with E-state index in [1.165, 1.54) is 0 Å². The normalized spacial score (nSPS) is 18.5. The van der Waals surface area contributed by atoms with Gasteiger partial charge in [0.25, 0.3) is 0 Å². The van der Waals surface area contributed by atoms with Crippen LogP contribution in [0.4, 0.5) is 15.3 Å². The molecular weight excluding hydrogens is 396 g/mol. The van der Waals surface area contributed by atoms with Crippen molar-refractivity contribution in [3.05, 3.63) is 30.0 Å². The number of hydrogen-bond donors (Lipinski definition) is 1. The van der Waals surface area contributed by atoms with Gasteiger partial charge in [-0.1, -0.05) is 0 Å². The number of likely N-dealkylation sites (tertiary alicyclic amines) is 1. The summed E-state index contributed by atoms with van der Waals surface area (Å²) in [5.74, 6) is -0.234. The molecule has 0 spiro atoms. The summed E-state index contributed by atoms with van der Waals surface area (Å²) in [4.78, 5) is 39.4. The van der Waals surface area contributed by atoms with Gasteiger partial charge < -0.3 is 14.2 Å². The van der Waals surface area contributed by atoms with Crippen LogP contribution in [0.15, 0.2) is 24.4 Å². The second-order valence-corrected chi connectivity index (χ2v) is 9.37. The largest absolute Gasteiger partial charge is 0.444 e. The third kappa shape index (κ3) is 4.38. The minimum Gasteiger partial charge on any atom is -0.444 e. The number of anilines is 1. The number of carbonyl (C=O) groups is 3. The molecule has 8 heteroatoms. The molecule has 1 aromatic heterocycles. The van der Waals surface area contributed by atoms with E-state index in [0.717, 1.165) is 35.0 Å². The first-order valence-corrected chi connectivity index (χ1v) is 10.8. The molecule has 0 bridgehead atoms. The average molecular weight is 427 g/mol. The van der Waals surface area contributed by atoms with Crippen molar-refractivity contribution in [3.63, 3.8) is 0 Å². The highest BCUT2D eigenvalue weighted by Crippen LogP contribution is 2.33. The third-order valence-corrected chi connectivity index (χ3v) is 5.89. The van der Waals surface area contributed by atoms with Crippen LogP contribution >= 0.6 is 0 Å². The Morgan fingerprint density at radius 2 is 1.84 bits per heavy atom. The van der Waals surface area contributed by atoms with Crippen molar-refractivity contribution in [2.75, 3.05) is 24.5 Å². The Morgan fingerprint density at radius 3 is 2.48 bits per heavy atom. The fourth-order valence-corrected chi connectivity index (χ4v) is 4.35. The summed E-state index contributed by atoms with van der Waals surface area (Å²) >= 11 is 0. The summed E-state index contributed by atoms with van der Waals surface area (Å²) in [5.41, 5.74) is 2.56.